The molecule has 2 aromatic carbocycles. The van der Waals surface area contributed by atoms with Gasteiger partial charge in [0.25, 0.3) is 5.91 Å². The predicted octanol–water partition coefficient (Wildman–Crippen LogP) is 3.79. The highest BCUT2D eigenvalue weighted by Gasteiger charge is 2.35. The topological polar surface area (TPSA) is 101 Å². The van der Waals surface area contributed by atoms with Gasteiger partial charge < -0.3 is 19.7 Å². The van der Waals surface area contributed by atoms with Gasteiger partial charge in [-0.05, 0) is 73.5 Å². The molecule has 0 saturated carbocycles. The van der Waals surface area contributed by atoms with Crippen molar-refractivity contribution in [3.05, 3.63) is 88.6 Å². The average Bonchev–Trinajstić information content (AvgIpc) is 3.22. The molecule has 1 aromatic heterocycles. The summed E-state index contributed by atoms with van der Waals surface area (Å²) in [7, 11) is 0. The van der Waals surface area contributed by atoms with Crippen molar-refractivity contribution in [1.82, 2.24) is 14.8 Å². The summed E-state index contributed by atoms with van der Waals surface area (Å²) < 4.78 is 20.8. The van der Waals surface area contributed by atoms with Gasteiger partial charge in [0.2, 0.25) is 0 Å². The maximum atomic E-state index is 13.0. The second kappa shape index (κ2) is 9.22. The van der Waals surface area contributed by atoms with Gasteiger partial charge in [-0.25, -0.2) is 14.1 Å². The van der Waals surface area contributed by atoms with Gasteiger partial charge in [0.05, 0.1) is 0 Å². The Balaban J connectivity index is 1.51. The molecule has 0 unspecified atom stereocenters. The summed E-state index contributed by atoms with van der Waals surface area (Å²) in [6.07, 6.45) is 1.54. The lowest BCUT2D eigenvalue weighted by molar-refractivity contribution is -0.140. The first-order valence-electron chi connectivity index (χ1n) is 10.5. The van der Waals surface area contributed by atoms with Crippen LogP contribution in [0, 0.1) is 19.7 Å². The zero-order valence-corrected chi connectivity index (χ0v) is 18.5. The van der Waals surface area contributed by atoms with Crippen molar-refractivity contribution in [2.24, 2.45) is 0 Å². The monoisotopic (exact) mass is 463 g/mol. The van der Waals surface area contributed by atoms with Gasteiger partial charge in [0.15, 0.2) is 0 Å². The van der Waals surface area contributed by atoms with Gasteiger partial charge in [0, 0.05) is 17.1 Å². The SMILES string of the molecule is Cc1cc(/C=C2/NC(=O)N(CC(=O)O)C2=O)c(C)n1-c1ccc(OCc2ccc(F)cc2)cc1. The molecule has 1 fully saturated rings. The lowest BCUT2D eigenvalue weighted by Crippen LogP contribution is -2.35. The molecule has 0 atom stereocenters. The fraction of sp³-hybridized carbons (Fsp3) is 0.160. The number of urea groups is 1. The van der Waals surface area contributed by atoms with E-state index in [9.17, 15) is 18.8 Å². The lowest BCUT2D eigenvalue weighted by Gasteiger charge is -2.12. The molecule has 1 saturated heterocycles. The van der Waals surface area contributed by atoms with Gasteiger partial charge in [-0.3, -0.25) is 9.59 Å². The lowest BCUT2D eigenvalue weighted by atomic mass is 10.2. The number of aliphatic carboxylic acids is 1. The number of imide groups is 1. The van der Waals surface area contributed by atoms with E-state index in [2.05, 4.69) is 5.32 Å². The molecule has 34 heavy (non-hydrogen) atoms. The predicted molar refractivity (Wildman–Crippen MR) is 122 cm³/mol. The summed E-state index contributed by atoms with van der Waals surface area (Å²) in [6, 6.07) is 14.7. The first-order valence-corrected chi connectivity index (χ1v) is 10.5. The van der Waals surface area contributed by atoms with Crippen LogP contribution in [0.2, 0.25) is 0 Å². The van der Waals surface area contributed by atoms with Crippen molar-refractivity contribution in [3.8, 4) is 11.4 Å². The maximum Gasteiger partial charge on any atom is 0.329 e. The number of hydrogen-bond donors (Lipinski definition) is 2. The molecule has 0 aliphatic carbocycles. The number of aromatic nitrogens is 1. The van der Waals surface area contributed by atoms with Gasteiger partial charge in [-0.2, -0.15) is 0 Å². The molecular formula is C25H22FN3O5. The molecule has 174 valence electrons. The largest absolute Gasteiger partial charge is 0.489 e. The van der Waals surface area contributed by atoms with E-state index >= 15 is 0 Å². The third-order valence-electron chi connectivity index (χ3n) is 5.44. The van der Waals surface area contributed by atoms with Crippen LogP contribution in [0.3, 0.4) is 0 Å². The maximum absolute atomic E-state index is 13.0. The number of ether oxygens (including phenoxy) is 1. The number of benzene rings is 2. The summed E-state index contributed by atoms with van der Waals surface area (Å²) in [5.74, 6) is -1.58. The Hall–Kier alpha value is -4.40. The van der Waals surface area contributed by atoms with Crippen LogP contribution < -0.4 is 10.1 Å². The minimum atomic E-state index is -1.27. The van der Waals surface area contributed by atoms with E-state index in [1.165, 1.54) is 12.1 Å². The highest BCUT2D eigenvalue weighted by molar-refractivity contribution is 6.15. The van der Waals surface area contributed by atoms with E-state index in [0.29, 0.717) is 17.3 Å². The fourth-order valence-electron chi connectivity index (χ4n) is 3.78. The van der Waals surface area contributed by atoms with Crippen molar-refractivity contribution in [2.75, 3.05) is 6.54 Å². The molecule has 0 radical (unpaired) electrons. The van der Waals surface area contributed by atoms with Crippen LogP contribution in [0.25, 0.3) is 11.8 Å². The number of carbonyl (C=O) groups excluding carboxylic acids is 2. The molecule has 3 amide bonds. The van der Waals surface area contributed by atoms with Crippen LogP contribution in [0.4, 0.5) is 9.18 Å². The molecule has 1 aliphatic heterocycles. The molecule has 8 nitrogen and oxygen atoms in total. The normalized spacial score (nSPS) is 14.6. The van der Waals surface area contributed by atoms with E-state index in [4.69, 9.17) is 9.84 Å². The number of hydrogen-bond acceptors (Lipinski definition) is 4. The van der Waals surface area contributed by atoms with E-state index in [-0.39, 0.29) is 11.5 Å². The first kappa shape index (κ1) is 22.8. The van der Waals surface area contributed by atoms with Gasteiger partial charge >= 0.3 is 12.0 Å². The standard InChI is InChI=1S/C25H22FN3O5/c1-15-11-18(12-22-24(32)28(13-23(30)31)25(33)27-22)16(2)29(15)20-7-9-21(10-8-20)34-14-17-3-5-19(26)6-4-17/h3-12H,13-14H2,1-2H3,(H,27,33)(H,30,31)/b22-12+. The number of rotatable bonds is 7. The van der Waals surface area contributed by atoms with Crippen molar-refractivity contribution in [1.29, 1.82) is 0 Å². The first-order chi connectivity index (χ1) is 16.2. The molecule has 3 aromatic rings. The van der Waals surface area contributed by atoms with Crippen LogP contribution in [0.15, 0.2) is 60.3 Å². The Morgan fingerprint density at radius 2 is 1.76 bits per heavy atom. The number of aryl methyl sites for hydroxylation is 1. The Morgan fingerprint density at radius 1 is 1.09 bits per heavy atom. The van der Waals surface area contributed by atoms with E-state index in [1.54, 1.807) is 18.2 Å². The minimum Gasteiger partial charge on any atom is -0.489 e. The fourth-order valence-corrected chi connectivity index (χ4v) is 3.78. The quantitative estimate of drug-likeness (QED) is 0.410. The molecular weight excluding hydrogens is 441 g/mol. The van der Waals surface area contributed by atoms with Crippen molar-refractivity contribution in [3.63, 3.8) is 0 Å². The summed E-state index contributed by atoms with van der Waals surface area (Å²) in [4.78, 5) is 35.9. The van der Waals surface area contributed by atoms with Crippen LogP contribution in [0.5, 0.6) is 5.75 Å². The van der Waals surface area contributed by atoms with Crippen molar-refractivity contribution < 1.29 is 28.6 Å². The third-order valence-corrected chi connectivity index (χ3v) is 5.44. The summed E-state index contributed by atoms with van der Waals surface area (Å²) in [6.45, 7) is 3.42. The smallest absolute Gasteiger partial charge is 0.329 e. The molecule has 1 aliphatic rings. The number of carbonyl (C=O) groups is 3. The summed E-state index contributed by atoms with van der Waals surface area (Å²) >= 11 is 0. The summed E-state index contributed by atoms with van der Waals surface area (Å²) in [5, 5.41) is 11.3. The molecule has 9 heteroatoms. The molecule has 2 N–H and O–H groups in total. The molecule has 4 rings (SSSR count). The Morgan fingerprint density at radius 3 is 2.41 bits per heavy atom. The van der Waals surface area contributed by atoms with Gasteiger partial charge in [0.1, 0.15) is 30.4 Å². The highest BCUT2D eigenvalue weighted by atomic mass is 19.1. The third kappa shape index (κ3) is 4.68. The second-order valence-corrected chi connectivity index (χ2v) is 7.84. The highest BCUT2D eigenvalue weighted by Crippen LogP contribution is 2.25. The van der Waals surface area contributed by atoms with Crippen molar-refractivity contribution >= 4 is 24.0 Å². The Bertz CT molecular complexity index is 1290. The Kier molecular flexibility index (Phi) is 6.18. The van der Waals surface area contributed by atoms with Crippen LogP contribution in [0.1, 0.15) is 22.5 Å². The van der Waals surface area contributed by atoms with E-state index < -0.39 is 24.5 Å². The van der Waals surface area contributed by atoms with E-state index in [1.807, 2.05) is 48.7 Å². The second-order valence-electron chi connectivity index (χ2n) is 7.84. The number of nitrogens with one attached hydrogen (secondary N) is 1. The number of carboxylic acids is 1. The van der Waals surface area contributed by atoms with Gasteiger partial charge in [-0.15, -0.1) is 0 Å². The van der Waals surface area contributed by atoms with Crippen molar-refractivity contribution in [2.45, 2.75) is 20.5 Å². The molecule has 2 heterocycles. The summed E-state index contributed by atoms with van der Waals surface area (Å²) in [5.41, 5.74) is 4.22. The van der Waals surface area contributed by atoms with Gasteiger partial charge in [-0.1, -0.05) is 12.1 Å². The molecule has 0 spiro atoms. The molecule has 0 bridgehead atoms. The number of amides is 3. The number of nitrogens with zero attached hydrogens (tertiary/aromatic N) is 2. The number of carboxylic acid groups (broad SMARTS) is 1. The van der Waals surface area contributed by atoms with Crippen LogP contribution in [-0.4, -0.2) is 39.0 Å². The average molecular weight is 463 g/mol. The van der Waals surface area contributed by atoms with E-state index in [0.717, 1.165) is 28.2 Å². The zero-order chi connectivity index (χ0) is 24.4. The minimum absolute atomic E-state index is 0.0241. The van der Waals surface area contributed by atoms with Crippen LogP contribution in [-0.2, 0) is 16.2 Å². The Labute approximate surface area is 194 Å². The zero-order valence-electron chi connectivity index (χ0n) is 18.5. The van der Waals surface area contributed by atoms with Crippen LogP contribution >= 0.6 is 0 Å². The number of halogens is 1.